The van der Waals surface area contributed by atoms with E-state index in [9.17, 15) is 4.79 Å². The molecule has 1 saturated heterocycles. The van der Waals surface area contributed by atoms with Gasteiger partial charge in [-0.3, -0.25) is 9.69 Å². The van der Waals surface area contributed by atoms with Crippen molar-refractivity contribution in [2.75, 3.05) is 32.9 Å². The van der Waals surface area contributed by atoms with Crippen LogP contribution in [-0.4, -0.2) is 55.2 Å². The van der Waals surface area contributed by atoms with E-state index in [1.165, 1.54) is 12.8 Å². The minimum Gasteiger partial charge on any atom is -0.380 e. The first-order valence-electron chi connectivity index (χ1n) is 8.58. The monoisotopic (exact) mass is 313 g/mol. The Morgan fingerprint density at radius 1 is 1.14 bits per heavy atom. The zero-order valence-electron chi connectivity index (χ0n) is 15.4. The summed E-state index contributed by atoms with van der Waals surface area (Å²) in [6, 6.07) is 0.513. The molecule has 0 spiro atoms. The Balaban J connectivity index is 2.17. The highest BCUT2D eigenvalue weighted by Crippen LogP contribution is 2.20. The molecule has 4 heteroatoms. The molecule has 0 amide bonds. The Bertz CT molecular complexity index is 341. The van der Waals surface area contributed by atoms with Gasteiger partial charge in [0.2, 0.25) is 0 Å². The maximum atomic E-state index is 11.8. The van der Waals surface area contributed by atoms with Crippen molar-refractivity contribution >= 4 is 5.78 Å². The van der Waals surface area contributed by atoms with Gasteiger partial charge in [0.05, 0.1) is 25.4 Å². The number of carbonyl (C=O) groups is 1. The summed E-state index contributed by atoms with van der Waals surface area (Å²) in [7, 11) is 0. The normalized spacial score (nSPS) is 20.5. The second-order valence-electron chi connectivity index (χ2n) is 8.29. The highest BCUT2D eigenvalue weighted by molar-refractivity contribution is 5.83. The van der Waals surface area contributed by atoms with E-state index in [1.807, 2.05) is 20.8 Å². The summed E-state index contributed by atoms with van der Waals surface area (Å²) >= 11 is 0. The Morgan fingerprint density at radius 3 is 2.41 bits per heavy atom. The molecular formula is C18H35NO3. The third-order valence-corrected chi connectivity index (χ3v) is 4.04. The Morgan fingerprint density at radius 2 is 1.82 bits per heavy atom. The number of likely N-dealkylation sites (tertiary alicyclic amines) is 1. The van der Waals surface area contributed by atoms with Gasteiger partial charge in [-0.05, 0) is 40.2 Å². The predicted molar refractivity (Wildman–Crippen MR) is 90.2 cm³/mol. The third-order valence-electron chi connectivity index (χ3n) is 4.04. The van der Waals surface area contributed by atoms with E-state index in [0.717, 1.165) is 19.7 Å². The lowest BCUT2D eigenvalue weighted by molar-refractivity contribution is -0.127. The molecule has 0 radical (unpaired) electrons. The summed E-state index contributed by atoms with van der Waals surface area (Å²) in [6.45, 7) is 16.3. The predicted octanol–water partition coefficient (Wildman–Crippen LogP) is 3.29. The molecule has 1 fully saturated rings. The lowest BCUT2D eigenvalue weighted by Crippen LogP contribution is -2.38. The summed E-state index contributed by atoms with van der Waals surface area (Å²) in [5.41, 5.74) is -0.328. The molecule has 0 aromatic carbocycles. The van der Waals surface area contributed by atoms with Gasteiger partial charge in [0.15, 0.2) is 0 Å². The number of nitrogens with zero attached hydrogens (tertiary/aromatic N) is 1. The van der Waals surface area contributed by atoms with Crippen LogP contribution in [0.5, 0.6) is 0 Å². The highest BCUT2D eigenvalue weighted by Gasteiger charge is 2.26. The molecule has 0 aromatic heterocycles. The first kappa shape index (κ1) is 19.6. The molecule has 0 aliphatic carbocycles. The lowest BCUT2D eigenvalue weighted by Gasteiger charge is -2.28. The van der Waals surface area contributed by atoms with Crippen molar-refractivity contribution < 1.29 is 14.3 Å². The molecule has 0 N–H and O–H groups in total. The van der Waals surface area contributed by atoms with Crippen LogP contribution in [0, 0.1) is 5.41 Å². The minimum absolute atomic E-state index is 0.0714. The standard InChI is InChI=1S/C18H35NO3/c1-17(2,3)16(20)9-12-21-13-11-19-10-7-8-15(19)14-22-18(4,5)6/h15H,7-14H2,1-6H3/t15-/m0/s1. The SMILES string of the molecule is CC(C)(C)OC[C@@H]1CCCN1CCOCCC(=O)C(C)(C)C. The van der Waals surface area contributed by atoms with Crippen molar-refractivity contribution in [3.8, 4) is 0 Å². The largest absolute Gasteiger partial charge is 0.380 e. The van der Waals surface area contributed by atoms with Crippen molar-refractivity contribution in [1.82, 2.24) is 4.90 Å². The number of Topliss-reactive ketones (excluding diaryl/α,β-unsaturated/α-hetero) is 1. The molecular weight excluding hydrogens is 278 g/mol. The van der Waals surface area contributed by atoms with Crippen LogP contribution in [0.2, 0.25) is 0 Å². The van der Waals surface area contributed by atoms with E-state index in [-0.39, 0.29) is 16.8 Å². The summed E-state index contributed by atoms with van der Waals surface area (Å²) in [5.74, 6) is 0.269. The molecule has 0 aromatic rings. The topological polar surface area (TPSA) is 38.8 Å². The van der Waals surface area contributed by atoms with Crippen LogP contribution in [0.1, 0.15) is 60.8 Å². The van der Waals surface area contributed by atoms with E-state index in [0.29, 0.717) is 25.7 Å². The maximum Gasteiger partial charge on any atom is 0.140 e. The lowest BCUT2D eigenvalue weighted by atomic mass is 9.89. The highest BCUT2D eigenvalue weighted by atomic mass is 16.5. The third kappa shape index (κ3) is 7.70. The fourth-order valence-electron chi connectivity index (χ4n) is 2.55. The fourth-order valence-corrected chi connectivity index (χ4v) is 2.55. The van der Waals surface area contributed by atoms with Crippen LogP contribution in [0.15, 0.2) is 0 Å². The smallest absolute Gasteiger partial charge is 0.140 e. The van der Waals surface area contributed by atoms with Crippen LogP contribution in [0.4, 0.5) is 0 Å². The van der Waals surface area contributed by atoms with Crippen LogP contribution in [0.25, 0.3) is 0 Å². The zero-order chi connectivity index (χ0) is 16.8. The average molecular weight is 313 g/mol. The molecule has 1 atom stereocenters. The van der Waals surface area contributed by atoms with Gasteiger partial charge in [-0.1, -0.05) is 20.8 Å². The summed E-state index contributed by atoms with van der Waals surface area (Å²) in [4.78, 5) is 14.3. The van der Waals surface area contributed by atoms with Gasteiger partial charge >= 0.3 is 0 Å². The second-order valence-corrected chi connectivity index (χ2v) is 8.29. The zero-order valence-corrected chi connectivity index (χ0v) is 15.4. The molecule has 1 aliphatic heterocycles. The van der Waals surface area contributed by atoms with E-state index in [2.05, 4.69) is 25.7 Å². The van der Waals surface area contributed by atoms with Gasteiger partial charge in [-0.2, -0.15) is 0 Å². The number of rotatable bonds is 8. The first-order chi connectivity index (χ1) is 10.1. The van der Waals surface area contributed by atoms with Gasteiger partial charge in [0.1, 0.15) is 5.78 Å². The van der Waals surface area contributed by atoms with Gasteiger partial charge in [-0.25, -0.2) is 0 Å². The molecule has 130 valence electrons. The minimum atomic E-state index is -0.256. The van der Waals surface area contributed by atoms with E-state index >= 15 is 0 Å². The Kier molecular flexibility index (Phi) is 7.50. The number of hydrogen-bond acceptors (Lipinski definition) is 4. The molecule has 1 aliphatic rings. The van der Waals surface area contributed by atoms with Gasteiger partial charge in [0.25, 0.3) is 0 Å². The van der Waals surface area contributed by atoms with Crippen molar-refractivity contribution in [2.24, 2.45) is 5.41 Å². The van der Waals surface area contributed by atoms with Gasteiger partial charge in [0, 0.05) is 24.4 Å². The maximum absolute atomic E-state index is 11.8. The van der Waals surface area contributed by atoms with Crippen LogP contribution in [0.3, 0.4) is 0 Å². The van der Waals surface area contributed by atoms with Crippen molar-refractivity contribution in [3.05, 3.63) is 0 Å². The number of carbonyl (C=O) groups excluding carboxylic acids is 1. The molecule has 0 bridgehead atoms. The molecule has 0 saturated carbocycles. The summed E-state index contributed by atoms with van der Waals surface area (Å²) < 4.78 is 11.6. The molecule has 22 heavy (non-hydrogen) atoms. The number of hydrogen-bond donors (Lipinski definition) is 0. The van der Waals surface area contributed by atoms with Crippen LogP contribution < -0.4 is 0 Å². The van der Waals surface area contributed by atoms with Crippen molar-refractivity contribution in [1.29, 1.82) is 0 Å². The Labute approximate surface area is 136 Å². The van der Waals surface area contributed by atoms with Gasteiger partial charge < -0.3 is 9.47 Å². The fraction of sp³-hybridized carbons (Fsp3) is 0.944. The van der Waals surface area contributed by atoms with Gasteiger partial charge in [-0.15, -0.1) is 0 Å². The molecule has 1 rings (SSSR count). The second kappa shape index (κ2) is 8.42. The van der Waals surface area contributed by atoms with Crippen molar-refractivity contribution in [2.45, 2.75) is 72.4 Å². The van der Waals surface area contributed by atoms with Crippen LogP contribution >= 0.6 is 0 Å². The Hall–Kier alpha value is -0.450. The molecule has 1 heterocycles. The number of ether oxygens (including phenoxy) is 2. The quantitative estimate of drug-likeness (QED) is 0.645. The van der Waals surface area contributed by atoms with E-state index < -0.39 is 0 Å². The van der Waals surface area contributed by atoms with Crippen LogP contribution in [-0.2, 0) is 14.3 Å². The average Bonchev–Trinajstić information content (AvgIpc) is 2.81. The molecule has 0 unspecified atom stereocenters. The summed E-state index contributed by atoms with van der Waals surface area (Å²) in [5, 5.41) is 0. The number of ketones is 1. The molecule has 4 nitrogen and oxygen atoms in total. The van der Waals surface area contributed by atoms with E-state index in [4.69, 9.17) is 9.47 Å². The summed E-state index contributed by atoms with van der Waals surface area (Å²) in [6.07, 6.45) is 2.96. The van der Waals surface area contributed by atoms with E-state index in [1.54, 1.807) is 0 Å². The first-order valence-corrected chi connectivity index (χ1v) is 8.58. The van der Waals surface area contributed by atoms with Crippen molar-refractivity contribution in [3.63, 3.8) is 0 Å².